The average Bonchev–Trinajstić information content (AvgIpc) is 2.66. The Balaban J connectivity index is 2.00. The van der Waals surface area contributed by atoms with Crippen LogP contribution in [0.1, 0.15) is 29.8 Å². The lowest BCUT2D eigenvalue weighted by Crippen LogP contribution is -2.48. The van der Waals surface area contributed by atoms with Crippen LogP contribution in [0, 0.1) is 11.7 Å². The molecule has 0 saturated heterocycles. The summed E-state index contributed by atoms with van der Waals surface area (Å²) in [5, 5.41) is 6.58. The Kier molecular flexibility index (Phi) is 7.05. The van der Waals surface area contributed by atoms with Crippen LogP contribution < -0.4 is 15.5 Å². The Labute approximate surface area is 157 Å². The minimum atomic E-state index is -0.787. The van der Waals surface area contributed by atoms with Crippen molar-refractivity contribution in [2.45, 2.75) is 19.9 Å². The van der Waals surface area contributed by atoms with Gasteiger partial charge in [0.2, 0.25) is 0 Å². The molecule has 0 spiro atoms. The minimum Gasteiger partial charge on any atom is -0.497 e. The molecule has 1 unspecified atom stereocenters. The van der Waals surface area contributed by atoms with Crippen molar-refractivity contribution in [3.63, 3.8) is 0 Å². The minimum absolute atomic E-state index is 0.165. The maximum atomic E-state index is 13.0. The van der Waals surface area contributed by atoms with Crippen LogP contribution in [0.3, 0.4) is 0 Å². The maximum absolute atomic E-state index is 13.0. The molecule has 0 aliphatic rings. The first-order chi connectivity index (χ1) is 12.9. The van der Waals surface area contributed by atoms with Crippen LogP contribution in [0.2, 0.25) is 0 Å². The largest absolute Gasteiger partial charge is 0.497 e. The van der Waals surface area contributed by atoms with E-state index in [1.54, 1.807) is 33.1 Å². The molecular weight excluding hydrogens is 349 g/mol. The van der Waals surface area contributed by atoms with E-state index in [1.807, 2.05) is 12.1 Å². The van der Waals surface area contributed by atoms with E-state index >= 15 is 0 Å². The molecule has 0 fully saturated rings. The number of ether oxygens (including phenoxy) is 1. The standard InChI is InChI=1S/C20H22FN3O3/c1-13(2)18(23-19(25)15-7-9-16(21)10-8-15)20(26)24-22-12-14-5-4-6-17(11-14)27-3/h4-13,18H,1-3H3,(H,23,25)(H,24,26). The molecule has 0 radical (unpaired) electrons. The first-order valence-electron chi connectivity index (χ1n) is 8.44. The zero-order valence-electron chi connectivity index (χ0n) is 15.4. The number of hydrogen-bond acceptors (Lipinski definition) is 4. The summed E-state index contributed by atoms with van der Waals surface area (Å²) in [6.45, 7) is 3.61. The molecule has 6 nitrogen and oxygen atoms in total. The van der Waals surface area contributed by atoms with E-state index in [9.17, 15) is 14.0 Å². The number of benzene rings is 2. The highest BCUT2D eigenvalue weighted by molar-refractivity contribution is 5.97. The summed E-state index contributed by atoms with van der Waals surface area (Å²) in [4.78, 5) is 24.7. The van der Waals surface area contributed by atoms with Crippen molar-refractivity contribution in [3.05, 3.63) is 65.5 Å². The molecule has 0 aliphatic heterocycles. The number of hydrazone groups is 1. The number of hydrogen-bond donors (Lipinski definition) is 2. The summed E-state index contributed by atoms with van der Waals surface area (Å²) in [6.07, 6.45) is 1.49. The van der Waals surface area contributed by atoms with E-state index < -0.39 is 23.7 Å². The van der Waals surface area contributed by atoms with Gasteiger partial charge in [0.15, 0.2) is 0 Å². The Morgan fingerprint density at radius 1 is 1.15 bits per heavy atom. The van der Waals surface area contributed by atoms with Crippen molar-refractivity contribution in [3.8, 4) is 5.75 Å². The molecule has 2 amide bonds. The molecule has 2 N–H and O–H groups in total. The summed E-state index contributed by atoms with van der Waals surface area (Å²) in [7, 11) is 1.56. The van der Waals surface area contributed by atoms with Gasteiger partial charge in [-0.15, -0.1) is 0 Å². The zero-order valence-corrected chi connectivity index (χ0v) is 15.4. The van der Waals surface area contributed by atoms with Crippen LogP contribution in [0.15, 0.2) is 53.6 Å². The number of nitrogens with zero attached hydrogens (tertiary/aromatic N) is 1. The fourth-order valence-corrected chi connectivity index (χ4v) is 2.32. The van der Waals surface area contributed by atoms with Gasteiger partial charge in [0.05, 0.1) is 13.3 Å². The Morgan fingerprint density at radius 3 is 2.48 bits per heavy atom. The summed E-state index contributed by atoms with van der Waals surface area (Å²) < 4.78 is 18.1. The van der Waals surface area contributed by atoms with Crippen LogP contribution in [0.25, 0.3) is 0 Å². The second kappa shape index (κ2) is 9.47. The monoisotopic (exact) mass is 371 g/mol. The molecule has 2 aromatic carbocycles. The first-order valence-corrected chi connectivity index (χ1v) is 8.44. The van der Waals surface area contributed by atoms with E-state index in [0.29, 0.717) is 5.75 Å². The first kappa shape index (κ1) is 20.1. The smallest absolute Gasteiger partial charge is 0.262 e. The van der Waals surface area contributed by atoms with Crippen molar-refractivity contribution < 1.29 is 18.7 Å². The number of methoxy groups -OCH3 is 1. The number of carbonyl (C=O) groups is 2. The maximum Gasteiger partial charge on any atom is 0.262 e. The van der Waals surface area contributed by atoms with E-state index in [0.717, 1.165) is 5.56 Å². The third kappa shape index (κ3) is 5.91. The molecule has 0 bridgehead atoms. The average molecular weight is 371 g/mol. The fraction of sp³-hybridized carbons (Fsp3) is 0.250. The van der Waals surface area contributed by atoms with E-state index in [-0.39, 0.29) is 11.5 Å². The number of carbonyl (C=O) groups excluding carboxylic acids is 2. The van der Waals surface area contributed by atoms with Crippen molar-refractivity contribution in [2.75, 3.05) is 7.11 Å². The van der Waals surface area contributed by atoms with Gasteiger partial charge in [-0.25, -0.2) is 9.82 Å². The van der Waals surface area contributed by atoms with Gasteiger partial charge < -0.3 is 10.1 Å². The molecular formula is C20H22FN3O3. The third-order valence-corrected chi connectivity index (χ3v) is 3.82. The summed E-state index contributed by atoms with van der Waals surface area (Å²) in [5.74, 6) is -0.824. The highest BCUT2D eigenvalue weighted by Gasteiger charge is 2.24. The molecule has 1 atom stereocenters. The molecule has 7 heteroatoms. The van der Waals surface area contributed by atoms with E-state index in [4.69, 9.17) is 4.74 Å². The van der Waals surface area contributed by atoms with Crippen LogP contribution in [0.5, 0.6) is 5.75 Å². The topological polar surface area (TPSA) is 79.8 Å². The molecule has 0 aromatic heterocycles. The zero-order chi connectivity index (χ0) is 19.8. The highest BCUT2D eigenvalue weighted by Crippen LogP contribution is 2.11. The van der Waals surface area contributed by atoms with E-state index in [2.05, 4.69) is 15.8 Å². The lowest BCUT2D eigenvalue weighted by Gasteiger charge is -2.20. The Morgan fingerprint density at radius 2 is 1.85 bits per heavy atom. The molecule has 142 valence electrons. The predicted octanol–water partition coefficient (Wildman–Crippen LogP) is 2.74. The molecule has 0 saturated carbocycles. The second-order valence-electron chi connectivity index (χ2n) is 6.21. The predicted molar refractivity (Wildman–Crippen MR) is 101 cm³/mol. The molecule has 2 aromatic rings. The van der Waals surface area contributed by atoms with Crippen LogP contribution in [-0.2, 0) is 4.79 Å². The molecule has 0 heterocycles. The van der Waals surface area contributed by atoms with Crippen LogP contribution in [0.4, 0.5) is 4.39 Å². The molecule has 27 heavy (non-hydrogen) atoms. The lowest BCUT2D eigenvalue weighted by atomic mass is 10.0. The van der Waals surface area contributed by atoms with Crippen LogP contribution >= 0.6 is 0 Å². The van der Waals surface area contributed by atoms with Crippen molar-refractivity contribution in [1.82, 2.24) is 10.7 Å². The van der Waals surface area contributed by atoms with Gasteiger partial charge in [-0.3, -0.25) is 9.59 Å². The normalized spacial score (nSPS) is 12.0. The number of rotatable bonds is 7. The van der Waals surface area contributed by atoms with Gasteiger partial charge in [0.1, 0.15) is 17.6 Å². The van der Waals surface area contributed by atoms with Gasteiger partial charge in [-0.05, 0) is 47.9 Å². The van der Waals surface area contributed by atoms with Crippen molar-refractivity contribution in [1.29, 1.82) is 0 Å². The van der Waals surface area contributed by atoms with Crippen LogP contribution in [-0.4, -0.2) is 31.2 Å². The van der Waals surface area contributed by atoms with Crippen molar-refractivity contribution in [2.24, 2.45) is 11.0 Å². The van der Waals surface area contributed by atoms with Gasteiger partial charge in [0, 0.05) is 5.56 Å². The highest BCUT2D eigenvalue weighted by atomic mass is 19.1. The Hall–Kier alpha value is -3.22. The van der Waals surface area contributed by atoms with Gasteiger partial charge in [-0.1, -0.05) is 26.0 Å². The SMILES string of the molecule is COc1cccc(C=NNC(=O)C(NC(=O)c2ccc(F)cc2)C(C)C)c1. The van der Waals surface area contributed by atoms with E-state index in [1.165, 1.54) is 30.5 Å². The van der Waals surface area contributed by atoms with Crippen molar-refractivity contribution >= 4 is 18.0 Å². The summed E-state index contributed by atoms with van der Waals surface area (Å²) >= 11 is 0. The Bertz CT molecular complexity index is 819. The third-order valence-electron chi connectivity index (χ3n) is 3.82. The fourth-order valence-electron chi connectivity index (χ4n) is 2.32. The van der Waals surface area contributed by atoms with Gasteiger partial charge in [0.25, 0.3) is 11.8 Å². The van der Waals surface area contributed by atoms with Gasteiger partial charge >= 0.3 is 0 Å². The van der Waals surface area contributed by atoms with Gasteiger partial charge in [-0.2, -0.15) is 5.10 Å². The number of nitrogens with one attached hydrogen (secondary N) is 2. The number of halogens is 1. The molecule has 0 aliphatic carbocycles. The summed E-state index contributed by atoms with van der Waals surface area (Å²) in [5.41, 5.74) is 3.46. The second-order valence-corrected chi connectivity index (χ2v) is 6.21. The number of amides is 2. The quantitative estimate of drug-likeness (QED) is 0.580. The molecule has 2 rings (SSSR count). The summed E-state index contributed by atoms with van der Waals surface area (Å²) in [6, 6.07) is 11.5. The lowest BCUT2D eigenvalue weighted by molar-refractivity contribution is -0.123.